The van der Waals surface area contributed by atoms with E-state index in [1.165, 1.54) is 20.3 Å². The minimum absolute atomic E-state index is 1.02. The number of hydrogen-bond donors (Lipinski definition) is 0. The molecule has 0 saturated heterocycles. The first-order valence-electron chi connectivity index (χ1n) is 5.21. The van der Waals surface area contributed by atoms with Crippen LogP contribution in [0.25, 0.3) is 11.1 Å². The van der Waals surface area contributed by atoms with E-state index in [4.69, 9.17) is 0 Å². The molecule has 0 radical (unpaired) electrons. The molecule has 82 valence electrons. The van der Waals surface area contributed by atoms with Crippen LogP contribution in [0.4, 0.5) is 0 Å². The van der Waals surface area contributed by atoms with Crippen molar-refractivity contribution < 1.29 is 0 Å². The average molecular weight is 387 g/mol. The fourth-order valence-corrected chi connectivity index (χ4v) is 3.02. The Morgan fingerprint density at radius 2 is 1.75 bits per heavy atom. The van der Waals surface area contributed by atoms with Gasteiger partial charge in [-0.2, -0.15) is 0 Å². The van der Waals surface area contributed by atoms with Gasteiger partial charge in [-0.05, 0) is 51.8 Å². The maximum atomic E-state index is 3.47. The molecular weight excluding hydrogens is 375 g/mol. The molecule has 0 aromatic heterocycles. The Bertz CT molecular complexity index is 465. The van der Waals surface area contributed by atoms with Gasteiger partial charge in [0.1, 0.15) is 0 Å². The number of aryl methyl sites for hydroxylation is 1. The van der Waals surface area contributed by atoms with Crippen molar-refractivity contribution in [1.29, 1.82) is 0 Å². The van der Waals surface area contributed by atoms with Crippen LogP contribution in [-0.4, -0.2) is 5.33 Å². The summed E-state index contributed by atoms with van der Waals surface area (Å²) in [4.78, 5) is 0. The van der Waals surface area contributed by atoms with E-state index in [1.54, 1.807) is 0 Å². The zero-order valence-corrected chi connectivity index (χ0v) is 12.5. The van der Waals surface area contributed by atoms with Crippen molar-refractivity contribution in [3.8, 4) is 11.1 Å². The predicted molar refractivity (Wildman–Crippen MR) is 82.1 cm³/mol. The summed E-state index contributed by atoms with van der Waals surface area (Å²) in [6.45, 7) is 0. The summed E-state index contributed by atoms with van der Waals surface area (Å²) in [5, 5.41) is 1.02. The van der Waals surface area contributed by atoms with E-state index in [2.05, 4.69) is 87.1 Å². The van der Waals surface area contributed by atoms with Crippen LogP contribution in [0.2, 0.25) is 0 Å². The van der Waals surface area contributed by atoms with Gasteiger partial charge >= 0.3 is 0 Å². The lowest BCUT2D eigenvalue weighted by atomic mass is 10.0. The summed E-state index contributed by atoms with van der Waals surface area (Å²) < 4.78 is 1.32. The average Bonchev–Trinajstić information content (AvgIpc) is 2.31. The van der Waals surface area contributed by atoms with Gasteiger partial charge in [0.25, 0.3) is 0 Å². The van der Waals surface area contributed by atoms with Gasteiger partial charge in [-0.3, -0.25) is 0 Å². The summed E-state index contributed by atoms with van der Waals surface area (Å²) in [6, 6.07) is 17.2. The Balaban J connectivity index is 2.37. The molecule has 0 aliphatic carbocycles. The normalized spacial score (nSPS) is 10.4. The quantitative estimate of drug-likeness (QED) is 0.520. The van der Waals surface area contributed by atoms with Gasteiger partial charge < -0.3 is 0 Å². The molecule has 0 spiro atoms. The maximum absolute atomic E-state index is 3.47. The lowest BCUT2D eigenvalue weighted by Crippen LogP contribution is -1.89. The summed E-state index contributed by atoms with van der Waals surface area (Å²) in [7, 11) is 0. The second-order valence-electron chi connectivity index (χ2n) is 3.62. The smallest absolute Gasteiger partial charge is 0.0211 e. The van der Waals surface area contributed by atoms with E-state index in [-0.39, 0.29) is 0 Å². The Kier molecular flexibility index (Phi) is 4.41. The molecule has 2 heteroatoms. The van der Waals surface area contributed by atoms with Gasteiger partial charge in [0, 0.05) is 8.90 Å². The van der Waals surface area contributed by atoms with Crippen LogP contribution < -0.4 is 0 Å². The molecule has 0 aliphatic rings. The lowest BCUT2D eigenvalue weighted by molar-refractivity contribution is 1.17. The third-order valence-corrected chi connectivity index (χ3v) is 3.79. The third kappa shape index (κ3) is 2.86. The molecule has 0 aliphatic heterocycles. The van der Waals surface area contributed by atoms with Crippen LogP contribution in [0.1, 0.15) is 5.56 Å². The molecule has 2 rings (SSSR count). The van der Waals surface area contributed by atoms with E-state index in [1.807, 2.05) is 0 Å². The SMILES string of the molecule is BrCCc1ccc(-c2ccccc2)c(I)c1. The Morgan fingerprint density at radius 1 is 1.00 bits per heavy atom. The molecule has 0 amide bonds. The number of hydrogen-bond acceptors (Lipinski definition) is 0. The van der Waals surface area contributed by atoms with Crippen molar-refractivity contribution in [2.45, 2.75) is 6.42 Å². The van der Waals surface area contributed by atoms with Crippen molar-refractivity contribution in [1.82, 2.24) is 0 Å². The van der Waals surface area contributed by atoms with Crippen molar-refractivity contribution >= 4 is 38.5 Å². The van der Waals surface area contributed by atoms with Crippen LogP contribution in [0.5, 0.6) is 0 Å². The van der Waals surface area contributed by atoms with E-state index in [9.17, 15) is 0 Å². The molecule has 0 saturated carbocycles. The van der Waals surface area contributed by atoms with E-state index in [0.29, 0.717) is 0 Å². The second kappa shape index (κ2) is 5.82. The summed E-state index contributed by atoms with van der Waals surface area (Å²) in [5.41, 5.74) is 4.00. The van der Waals surface area contributed by atoms with E-state index >= 15 is 0 Å². The molecule has 0 bridgehead atoms. The second-order valence-corrected chi connectivity index (χ2v) is 5.57. The van der Waals surface area contributed by atoms with Gasteiger partial charge in [0.2, 0.25) is 0 Å². The molecule has 0 heterocycles. The van der Waals surface area contributed by atoms with Gasteiger partial charge in [0.05, 0.1) is 0 Å². The molecular formula is C14H12BrI. The van der Waals surface area contributed by atoms with Crippen LogP contribution in [0.3, 0.4) is 0 Å². The molecule has 0 nitrogen and oxygen atoms in total. The largest absolute Gasteiger partial charge is 0.0924 e. The fraction of sp³-hybridized carbons (Fsp3) is 0.143. The van der Waals surface area contributed by atoms with Crippen molar-refractivity contribution in [3.63, 3.8) is 0 Å². The molecule has 16 heavy (non-hydrogen) atoms. The molecule has 0 atom stereocenters. The van der Waals surface area contributed by atoms with Crippen molar-refractivity contribution in [2.75, 3.05) is 5.33 Å². The highest BCUT2D eigenvalue weighted by atomic mass is 127. The summed E-state index contributed by atoms with van der Waals surface area (Å²) >= 11 is 5.89. The number of halogens is 2. The van der Waals surface area contributed by atoms with E-state index < -0.39 is 0 Å². The molecule has 2 aromatic carbocycles. The maximum Gasteiger partial charge on any atom is 0.0211 e. The highest BCUT2D eigenvalue weighted by Crippen LogP contribution is 2.26. The van der Waals surface area contributed by atoms with Gasteiger partial charge in [0.15, 0.2) is 0 Å². The van der Waals surface area contributed by atoms with Crippen molar-refractivity contribution in [3.05, 3.63) is 57.7 Å². The third-order valence-electron chi connectivity index (χ3n) is 2.50. The highest BCUT2D eigenvalue weighted by molar-refractivity contribution is 14.1. The van der Waals surface area contributed by atoms with Gasteiger partial charge in [-0.15, -0.1) is 0 Å². The minimum atomic E-state index is 1.02. The highest BCUT2D eigenvalue weighted by Gasteiger charge is 2.03. The zero-order chi connectivity index (χ0) is 11.4. The molecule has 0 fully saturated rings. The topological polar surface area (TPSA) is 0 Å². The molecule has 2 aromatic rings. The van der Waals surface area contributed by atoms with Crippen LogP contribution in [0.15, 0.2) is 48.5 Å². The van der Waals surface area contributed by atoms with Gasteiger partial charge in [-0.25, -0.2) is 0 Å². The van der Waals surface area contributed by atoms with Crippen LogP contribution in [-0.2, 0) is 6.42 Å². The fourth-order valence-electron chi connectivity index (χ4n) is 1.68. The molecule has 0 unspecified atom stereocenters. The Labute approximate surface area is 118 Å². The zero-order valence-electron chi connectivity index (χ0n) is 8.79. The number of benzene rings is 2. The van der Waals surface area contributed by atoms with Crippen LogP contribution >= 0.6 is 38.5 Å². The van der Waals surface area contributed by atoms with Crippen LogP contribution in [0, 0.1) is 3.57 Å². The van der Waals surface area contributed by atoms with Gasteiger partial charge in [-0.1, -0.05) is 58.4 Å². The standard InChI is InChI=1S/C14H12BrI/c15-9-8-11-6-7-13(14(16)10-11)12-4-2-1-3-5-12/h1-7,10H,8-9H2. The summed E-state index contributed by atoms with van der Waals surface area (Å²) in [6.07, 6.45) is 1.09. The first-order valence-corrected chi connectivity index (χ1v) is 7.41. The monoisotopic (exact) mass is 386 g/mol. The Hall–Kier alpha value is -0.350. The Morgan fingerprint density at radius 3 is 2.38 bits per heavy atom. The minimum Gasteiger partial charge on any atom is -0.0924 e. The number of alkyl halides is 1. The first kappa shape index (κ1) is 12.1. The number of rotatable bonds is 3. The molecule has 0 N–H and O–H groups in total. The lowest BCUT2D eigenvalue weighted by Gasteiger charge is -2.07. The summed E-state index contributed by atoms with van der Waals surface area (Å²) in [5.74, 6) is 0. The predicted octanol–water partition coefficient (Wildman–Crippen LogP) is 4.90. The van der Waals surface area contributed by atoms with E-state index in [0.717, 1.165) is 11.8 Å². The van der Waals surface area contributed by atoms with Crippen molar-refractivity contribution in [2.24, 2.45) is 0 Å². The first-order chi connectivity index (χ1) is 7.81.